The Hall–Kier alpha value is -2.00. The van der Waals surface area contributed by atoms with Crippen LogP contribution in [0.25, 0.3) is 0 Å². The van der Waals surface area contributed by atoms with E-state index in [1.54, 1.807) is 18.2 Å². The number of anilines is 1. The molecule has 3 N–H and O–H groups in total. The Balaban J connectivity index is 2.13. The van der Waals surface area contributed by atoms with Crippen LogP contribution in [-0.4, -0.2) is 5.91 Å². The number of benzene rings is 2. The van der Waals surface area contributed by atoms with Crippen LogP contribution in [0.2, 0.25) is 5.02 Å². The van der Waals surface area contributed by atoms with Crippen molar-refractivity contribution in [3.63, 3.8) is 0 Å². The number of hydrogen-bond donors (Lipinski definition) is 2. The first-order chi connectivity index (χ1) is 9.06. The second kappa shape index (κ2) is 5.76. The molecule has 0 heterocycles. The SMILES string of the molecule is C[C@@H](NC(=O)c1cc(N)cc(Cl)c1)c1ccccc1. The van der Waals surface area contributed by atoms with Crippen LogP contribution in [0.5, 0.6) is 0 Å². The highest BCUT2D eigenvalue weighted by Gasteiger charge is 2.12. The Kier molecular flexibility index (Phi) is 4.07. The van der Waals surface area contributed by atoms with Crippen LogP contribution in [0.1, 0.15) is 28.9 Å². The van der Waals surface area contributed by atoms with Crippen LogP contribution in [0, 0.1) is 0 Å². The second-order valence-corrected chi connectivity index (χ2v) is 4.82. The van der Waals surface area contributed by atoms with Crippen molar-refractivity contribution in [2.24, 2.45) is 0 Å². The molecule has 0 aliphatic carbocycles. The average molecular weight is 275 g/mol. The van der Waals surface area contributed by atoms with Gasteiger partial charge >= 0.3 is 0 Å². The second-order valence-electron chi connectivity index (χ2n) is 4.38. The lowest BCUT2D eigenvalue weighted by Crippen LogP contribution is -2.26. The van der Waals surface area contributed by atoms with Crippen LogP contribution in [0.4, 0.5) is 5.69 Å². The molecule has 98 valence electrons. The zero-order valence-corrected chi connectivity index (χ0v) is 11.3. The monoisotopic (exact) mass is 274 g/mol. The molecule has 0 aliphatic heterocycles. The van der Waals surface area contributed by atoms with Crippen LogP contribution in [0.15, 0.2) is 48.5 Å². The molecule has 2 rings (SSSR count). The van der Waals surface area contributed by atoms with Gasteiger partial charge in [-0.1, -0.05) is 41.9 Å². The third kappa shape index (κ3) is 3.48. The summed E-state index contributed by atoms with van der Waals surface area (Å²) < 4.78 is 0. The first kappa shape index (κ1) is 13.4. The molecular formula is C15H15ClN2O. The minimum absolute atomic E-state index is 0.0751. The van der Waals surface area contributed by atoms with Gasteiger partial charge in [0.15, 0.2) is 0 Å². The Bertz CT molecular complexity index is 564. The number of carbonyl (C=O) groups excluding carboxylic acids is 1. The highest BCUT2D eigenvalue weighted by atomic mass is 35.5. The van der Waals surface area contributed by atoms with Crippen molar-refractivity contribution < 1.29 is 4.79 Å². The fourth-order valence-corrected chi connectivity index (χ4v) is 2.09. The number of nitrogens with one attached hydrogen (secondary N) is 1. The number of hydrogen-bond acceptors (Lipinski definition) is 2. The number of nitrogen functional groups attached to an aromatic ring is 1. The molecule has 0 unspecified atom stereocenters. The maximum absolute atomic E-state index is 12.1. The summed E-state index contributed by atoms with van der Waals surface area (Å²) in [5.41, 5.74) is 7.66. The molecule has 1 amide bonds. The number of rotatable bonds is 3. The van der Waals surface area contributed by atoms with Gasteiger partial charge in [0.1, 0.15) is 0 Å². The number of amides is 1. The van der Waals surface area contributed by atoms with E-state index in [2.05, 4.69) is 5.32 Å². The van der Waals surface area contributed by atoms with Crippen molar-refractivity contribution in [2.45, 2.75) is 13.0 Å². The molecule has 3 nitrogen and oxygen atoms in total. The van der Waals surface area contributed by atoms with Crippen LogP contribution in [-0.2, 0) is 0 Å². The molecule has 2 aromatic carbocycles. The molecule has 0 bridgehead atoms. The van der Waals surface area contributed by atoms with Gasteiger partial charge in [-0.15, -0.1) is 0 Å². The molecule has 4 heteroatoms. The number of carbonyl (C=O) groups is 1. The van der Waals surface area contributed by atoms with E-state index in [0.717, 1.165) is 5.56 Å². The summed E-state index contributed by atoms with van der Waals surface area (Å²) in [6.07, 6.45) is 0. The summed E-state index contributed by atoms with van der Waals surface area (Å²) in [5.74, 6) is -0.189. The van der Waals surface area contributed by atoms with Crippen molar-refractivity contribution in [1.29, 1.82) is 0 Å². The maximum atomic E-state index is 12.1. The quantitative estimate of drug-likeness (QED) is 0.843. The minimum atomic E-state index is -0.189. The predicted octanol–water partition coefficient (Wildman–Crippen LogP) is 3.41. The summed E-state index contributed by atoms with van der Waals surface area (Å²) >= 11 is 5.89. The molecule has 19 heavy (non-hydrogen) atoms. The lowest BCUT2D eigenvalue weighted by atomic mass is 10.1. The van der Waals surface area contributed by atoms with Crippen LogP contribution in [0.3, 0.4) is 0 Å². The highest BCUT2D eigenvalue weighted by molar-refractivity contribution is 6.31. The Labute approximate surface area is 117 Å². The van der Waals surface area contributed by atoms with Gasteiger partial charge in [-0.2, -0.15) is 0 Å². The fourth-order valence-electron chi connectivity index (χ4n) is 1.85. The Morgan fingerprint density at radius 1 is 1.21 bits per heavy atom. The van der Waals surface area contributed by atoms with E-state index in [4.69, 9.17) is 17.3 Å². The van der Waals surface area contributed by atoms with Gasteiger partial charge in [-0.05, 0) is 30.7 Å². The van der Waals surface area contributed by atoms with Crippen molar-refractivity contribution in [3.8, 4) is 0 Å². The van der Waals surface area contributed by atoms with Crippen LogP contribution >= 0.6 is 11.6 Å². The lowest BCUT2D eigenvalue weighted by Gasteiger charge is -2.14. The summed E-state index contributed by atoms with van der Waals surface area (Å²) in [5, 5.41) is 3.37. The molecule has 0 aliphatic rings. The summed E-state index contributed by atoms with van der Waals surface area (Å²) in [6.45, 7) is 1.93. The Morgan fingerprint density at radius 3 is 2.53 bits per heavy atom. The van der Waals surface area contributed by atoms with Crippen molar-refractivity contribution in [3.05, 3.63) is 64.7 Å². The van der Waals surface area contributed by atoms with Gasteiger partial charge in [-0.25, -0.2) is 0 Å². The molecule has 1 atom stereocenters. The van der Waals surface area contributed by atoms with Crippen LogP contribution < -0.4 is 11.1 Å². The van der Waals surface area contributed by atoms with Gasteiger partial charge in [0, 0.05) is 16.3 Å². The zero-order valence-electron chi connectivity index (χ0n) is 10.6. The normalized spacial score (nSPS) is 11.9. The maximum Gasteiger partial charge on any atom is 0.251 e. The number of nitrogens with two attached hydrogens (primary N) is 1. The average Bonchev–Trinajstić information content (AvgIpc) is 2.38. The molecule has 2 aromatic rings. The third-order valence-electron chi connectivity index (χ3n) is 2.83. The highest BCUT2D eigenvalue weighted by Crippen LogP contribution is 2.18. The fraction of sp³-hybridized carbons (Fsp3) is 0.133. The van der Waals surface area contributed by atoms with Gasteiger partial charge < -0.3 is 11.1 Å². The van der Waals surface area contributed by atoms with E-state index in [-0.39, 0.29) is 11.9 Å². The van der Waals surface area contributed by atoms with E-state index >= 15 is 0 Å². The molecule has 0 spiro atoms. The molecule has 0 fully saturated rings. The van der Waals surface area contributed by atoms with E-state index < -0.39 is 0 Å². The standard InChI is InChI=1S/C15H15ClN2O/c1-10(11-5-3-2-4-6-11)18-15(19)12-7-13(16)9-14(17)8-12/h2-10H,17H2,1H3,(H,18,19)/t10-/m1/s1. The smallest absolute Gasteiger partial charge is 0.251 e. The number of halogens is 1. The predicted molar refractivity (Wildman–Crippen MR) is 78.2 cm³/mol. The summed E-state index contributed by atoms with van der Waals surface area (Å²) in [4.78, 5) is 12.1. The van der Waals surface area contributed by atoms with E-state index in [0.29, 0.717) is 16.3 Å². The molecule has 0 saturated carbocycles. The molecule has 0 saturated heterocycles. The first-order valence-corrected chi connectivity index (χ1v) is 6.36. The summed E-state index contributed by atoms with van der Waals surface area (Å²) in [7, 11) is 0. The van der Waals surface area contributed by atoms with Gasteiger partial charge in [0.05, 0.1) is 6.04 Å². The Morgan fingerprint density at radius 2 is 1.89 bits per heavy atom. The topological polar surface area (TPSA) is 55.1 Å². The van der Waals surface area contributed by atoms with E-state index in [9.17, 15) is 4.79 Å². The lowest BCUT2D eigenvalue weighted by molar-refractivity contribution is 0.0940. The molecule has 0 aromatic heterocycles. The van der Waals surface area contributed by atoms with E-state index in [1.807, 2.05) is 37.3 Å². The van der Waals surface area contributed by atoms with Crippen molar-refractivity contribution in [1.82, 2.24) is 5.32 Å². The largest absolute Gasteiger partial charge is 0.399 e. The minimum Gasteiger partial charge on any atom is -0.399 e. The van der Waals surface area contributed by atoms with Gasteiger partial charge in [0.25, 0.3) is 5.91 Å². The zero-order chi connectivity index (χ0) is 13.8. The van der Waals surface area contributed by atoms with Crippen molar-refractivity contribution in [2.75, 3.05) is 5.73 Å². The van der Waals surface area contributed by atoms with E-state index in [1.165, 1.54) is 0 Å². The summed E-state index contributed by atoms with van der Waals surface area (Å²) in [6, 6.07) is 14.5. The van der Waals surface area contributed by atoms with Gasteiger partial charge in [0.2, 0.25) is 0 Å². The third-order valence-corrected chi connectivity index (χ3v) is 3.05. The molecule has 0 radical (unpaired) electrons. The van der Waals surface area contributed by atoms with Crippen molar-refractivity contribution >= 4 is 23.2 Å². The molecular weight excluding hydrogens is 260 g/mol. The van der Waals surface area contributed by atoms with Gasteiger partial charge in [-0.3, -0.25) is 4.79 Å². The first-order valence-electron chi connectivity index (χ1n) is 5.98.